The summed E-state index contributed by atoms with van der Waals surface area (Å²) < 4.78 is 49.1. The van der Waals surface area contributed by atoms with Crippen LogP contribution in [0.15, 0.2) is 18.2 Å². The van der Waals surface area contributed by atoms with Crippen molar-refractivity contribution in [1.29, 1.82) is 0 Å². The van der Waals surface area contributed by atoms with Crippen molar-refractivity contribution < 1.29 is 27.4 Å². The molecule has 0 aliphatic heterocycles. The molecule has 0 fully saturated rings. The molecule has 0 saturated carbocycles. The first-order valence-electron chi connectivity index (χ1n) is 6.55. The van der Waals surface area contributed by atoms with E-state index in [-0.39, 0.29) is 18.1 Å². The monoisotopic (exact) mass is 314 g/mol. The first-order chi connectivity index (χ1) is 10.4. The highest BCUT2D eigenvalue weighted by atomic mass is 19.4. The van der Waals surface area contributed by atoms with Crippen LogP contribution in [-0.2, 0) is 10.9 Å². The summed E-state index contributed by atoms with van der Waals surface area (Å²) in [5.74, 6) is -0.905. The van der Waals surface area contributed by atoms with Gasteiger partial charge in [-0.05, 0) is 26.0 Å². The number of esters is 1. The summed E-state index contributed by atoms with van der Waals surface area (Å²) in [6.07, 6.45) is -4.79. The van der Waals surface area contributed by atoms with Gasteiger partial charge in [0.2, 0.25) is 5.88 Å². The van der Waals surface area contributed by atoms with Gasteiger partial charge in [-0.1, -0.05) is 0 Å². The van der Waals surface area contributed by atoms with E-state index in [0.717, 1.165) is 6.07 Å². The van der Waals surface area contributed by atoms with Crippen molar-refractivity contribution in [2.75, 3.05) is 13.2 Å². The van der Waals surface area contributed by atoms with E-state index < -0.39 is 23.4 Å². The number of halogens is 3. The Labute approximate surface area is 124 Å². The summed E-state index contributed by atoms with van der Waals surface area (Å²) in [5, 5.41) is 0.291. The van der Waals surface area contributed by atoms with E-state index in [1.165, 1.54) is 19.1 Å². The maximum atomic E-state index is 13.1. The summed E-state index contributed by atoms with van der Waals surface area (Å²) in [6.45, 7) is 3.53. The summed E-state index contributed by atoms with van der Waals surface area (Å²) in [5.41, 5.74) is -2.10. The molecule has 2 heterocycles. The Kier molecular flexibility index (Phi) is 4.48. The van der Waals surface area contributed by atoms with Gasteiger partial charge in [-0.2, -0.15) is 18.2 Å². The van der Waals surface area contributed by atoms with Gasteiger partial charge in [0.05, 0.1) is 18.8 Å². The number of carbonyl (C=O) groups is 1. The number of nitrogens with zero attached hydrogens (tertiary/aromatic N) is 2. The molecule has 0 atom stereocenters. The van der Waals surface area contributed by atoms with Crippen LogP contribution in [0.3, 0.4) is 0 Å². The second-order valence-corrected chi connectivity index (χ2v) is 4.23. The predicted molar refractivity (Wildman–Crippen MR) is 71.7 cm³/mol. The quantitative estimate of drug-likeness (QED) is 0.811. The highest BCUT2D eigenvalue weighted by Crippen LogP contribution is 2.32. The van der Waals surface area contributed by atoms with E-state index in [9.17, 15) is 18.0 Å². The van der Waals surface area contributed by atoms with Crippen LogP contribution in [-0.4, -0.2) is 29.2 Å². The van der Waals surface area contributed by atoms with Gasteiger partial charge in [0.25, 0.3) is 0 Å². The van der Waals surface area contributed by atoms with Gasteiger partial charge in [-0.25, -0.2) is 9.78 Å². The highest BCUT2D eigenvalue weighted by Gasteiger charge is 2.38. The lowest BCUT2D eigenvalue weighted by molar-refractivity contribution is -0.141. The number of carbonyl (C=O) groups excluding carboxylic acids is 1. The summed E-state index contributed by atoms with van der Waals surface area (Å²) in [7, 11) is 0. The fourth-order valence-corrected chi connectivity index (χ4v) is 1.84. The van der Waals surface area contributed by atoms with Crippen LogP contribution in [0, 0.1) is 0 Å². The SMILES string of the molecule is CCOC(=O)c1cc2ccc(OCC)nc2nc1C(F)(F)F. The molecule has 2 aromatic rings. The molecule has 2 rings (SSSR count). The zero-order valence-electron chi connectivity index (χ0n) is 11.9. The van der Waals surface area contributed by atoms with Crippen LogP contribution in [0.4, 0.5) is 13.2 Å². The average molecular weight is 314 g/mol. The van der Waals surface area contributed by atoms with Gasteiger partial charge in [0, 0.05) is 11.5 Å². The van der Waals surface area contributed by atoms with Crippen LogP contribution in [0.5, 0.6) is 5.88 Å². The minimum Gasteiger partial charge on any atom is -0.478 e. The zero-order chi connectivity index (χ0) is 16.3. The van der Waals surface area contributed by atoms with Gasteiger partial charge in [0.1, 0.15) is 0 Å². The van der Waals surface area contributed by atoms with Crippen molar-refractivity contribution in [2.24, 2.45) is 0 Å². The van der Waals surface area contributed by atoms with Gasteiger partial charge in [0.15, 0.2) is 11.3 Å². The third-order valence-corrected chi connectivity index (χ3v) is 2.71. The molecule has 118 valence electrons. The minimum atomic E-state index is -4.79. The van der Waals surface area contributed by atoms with Gasteiger partial charge in [-0.15, -0.1) is 0 Å². The minimum absolute atomic E-state index is 0.0320. The number of fused-ring (bicyclic) bond motifs is 1. The van der Waals surface area contributed by atoms with Crippen molar-refractivity contribution in [3.63, 3.8) is 0 Å². The Hall–Kier alpha value is -2.38. The van der Waals surface area contributed by atoms with Crippen LogP contribution in [0.1, 0.15) is 29.9 Å². The number of ether oxygens (including phenoxy) is 2. The molecule has 22 heavy (non-hydrogen) atoms. The number of hydrogen-bond donors (Lipinski definition) is 0. The number of aromatic nitrogens is 2. The molecule has 0 radical (unpaired) electrons. The molecule has 0 N–H and O–H groups in total. The van der Waals surface area contributed by atoms with E-state index in [1.807, 2.05) is 0 Å². The standard InChI is InChI=1S/C14H13F3N2O3/c1-3-21-10-6-5-8-7-9(13(20)22-4-2)11(14(15,16)17)19-12(8)18-10/h5-7H,3-4H2,1-2H3. The molecular weight excluding hydrogens is 301 g/mol. The Morgan fingerprint density at radius 2 is 1.91 bits per heavy atom. The third-order valence-electron chi connectivity index (χ3n) is 2.71. The third kappa shape index (κ3) is 3.26. The number of alkyl halides is 3. The normalized spacial score (nSPS) is 11.5. The second kappa shape index (κ2) is 6.17. The first kappa shape index (κ1) is 16.0. The molecule has 2 aromatic heterocycles. The maximum absolute atomic E-state index is 13.1. The number of rotatable bonds is 4. The Morgan fingerprint density at radius 3 is 2.50 bits per heavy atom. The number of hydrogen-bond acceptors (Lipinski definition) is 5. The molecule has 0 amide bonds. The average Bonchev–Trinajstić information content (AvgIpc) is 2.45. The van der Waals surface area contributed by atoms with Crippen LogP contribution >= 0.6 is 0 Å². The lowest BCUT2D eigenvalue weighted by Gasteiger charge is -2.12. The fraction of sp³-hybridized carbons (Fsp3) is 0.357. The lowest BCUT2D eigenvalue weighted by atomic mass is 10.1. The van der Waals surface area contributed by atoms with Crippen molar-refractivity contribution in [1.82, 2.24) is 9.97 Å². The Morgan fingerprint density at radius 1 is 1.18 bits per heavy atom. The van der Waals surface area contributed by atoms with E-state index in [1.54, 1.807) is 6.92 Å². The lowest BCUT2D eigenvalue weighted by Crippen LogP contribution is -2.17. The van der Waals surface area contributed by atoms with Crippen LogP contribution in [0.2, 0.25) is 0 Å². The van der Waals surface area contributed by atoms with Crippen molar-refractivity contribution in [2.45, 2.75) is 20.0 Å². The highest BCUT2D eigenvalue weighted by molar-refractivity contribution is 5.94. The van der Waals surface area contributed by atoms with Gasteiger partial charge >= 0.3 is 12.1 Å². The van der Waals surface area contributed by atoms with Gasteiger partial charge < -0.3 is 9.47 Å². The smallest absolute Gasteiger partial charge is 0.434 e. The maximum Gasteiger partial charge on any atom is 0.434 e. The summed E-state index contributed by atoms with van der Waals surface area (Å²) in [4.78, 5) is 19.1. The molecule has 8 heteroatoms. The summed E-state index contributed by atoms with van der Waals surface area (Å²) >= 11 is 0. The Balaban J connectivity index is 2.63. The Bertz CT molecular complexity index is 702. The number of pyridine rings is 2. The van der Waals surface area contributed by atoms with E-state index in [0.29, 0.717) is 12.0 Å². The molecule has 0 bridgehead atoms. The molecular formula is C14H13F3N2O3. The zero-order valence-corrected chi connectivity index (χ0v) is 11.9. The van der Waals surface area contributed by atoms with Crippen LogP contribution in [0.25, 0.3) is 11.0 Å². The van der Waals surface area contributed by atoms with Crippen molar-refractivity contribution >= 4 is 17.0 Å². The van der Waals surface area contributed by atoms with E-state index in [2.05, 4.69) is 14.7 Å². The molecule has 0 aliphatic carbocycles. The van der Waals surface area contributed by atoms with Crippen LogP contribution < -0.4 is 4.74 Å². The molecule has 0 saturated heterocycles. The van der Waals surface area contributed by atoms with Crippen molar-refractivity contribution in [3.05, 3.63) is 29.5 Å². The molecule has 0 aliphatic rings. The largest absolute Gasteiger partial charge is 0.478 e. The predicted octanol–water partition coefficient (Wildman–Crippen LogP) is 3.22. The first-order valence-corrected chi connectivity index (χ1v) is 6.55. The molecule has 5 nitrogen and oxygen atoms in total. The van der Waals surface area contributed by atoms with E-state index >= 15 is 0 Å². The van der Waals surface area contributed by atoms with Crippen molar-refractivity contribution in [3.8, 4) is 5.88 Å². The molecule has 0 spiro atoms. The van der Waals surface area contributed by atoms with E-state index in [4.69, 9.17) is 4.74 Å². The molecule has 0 unspecified atom stereocenters. The fourth-order valence-electron chi connectivity index (χ4n) is 1.84. The topological polar surface area (TPSA) is 61.3 Å². The second-order valence-electron chi connectivity index (χ2n) is 4.23. The summed E-state index contributed by atoms with van der Waals surface area (Å²) in [6, 6.07) is 4.06. The molecule has 0 aromatic carbocycles. The van der Waals surface area contributed by atoms with Gasteiger partial charge in [-0.3, -0.25) is 0 Å².